The van der Waals surface area contributed by atoms with E-state index in [0.717, 1.165) is 10.9 Å². The van der Waals surface area contributed by atoms with Crippen molar-refractivity contribution in [1.82, 2.24) is 4.57 Å². The van der Waals surface area contributed by atoms with E-state index in [2.05, 4.69) is 0 Å². The van der Waals surface area contributed by atoms with Gasteiger partial charge in [-0.25, -0.2) is 0 Å². The maximum atomic E-state index is 13.4. The number of hydrogen-bond acceptors (Lipinski definition) is 4. The topological polar surface area (TPSA) is 71.8 Å². The molecule has 2 heterocycles. The highest BCUT2D eigenvalue weighted by Crippen LogP contribution is 2.45. The Morgan fingerprint density at radius 2 is 1.71 bits per heavy atom. The number of halogens is 2. The first-order valence-corrected chi connectivity index (χ1v) is 11.5. The molecule has 35 heavy (non-hydrogen) atoms. The second-order valence-electron chi connectivity index (χ2n) is 8.21. The number of rotatable bonds is 4. The summed E-state index contributed by atoms with van der Waals surface area (Å²) in [6.45, 7) is 0. The van der Waals surface area contributed by atoms with Crippen molar-refractivity contribution in [2.24, 2.45) is 7.05 Å². The Balaban J connectivity index is 1.80. The van der Waals surface area contributed by atoms with E-state index in [-0.39, 0.29) is 11.3 Å². The van der Waals surface area contributed by atoms with Crippen molar-refractivity contribution < 1.29 is 19.4 Å². The molecule has 1 fully saturated rings. The Labute approximate surface area is 211 Å². The van der Waals surface area contributed by atoms with E-state index in [9.17, 15) is 14.7 Å². The molecule has 1 saturated heterocycles. The summed E-state index contributed by atoms with van der Waals surface area (Å²) in [6, 6.07) is 18.2. The molecule has 1 aromatic heterocycles. The molecule has 1 aliphatic heterocycles. The molecule has 8 heteroatoms. The number of methoxy groups -OCH3 is 1. The predicted molar refractivity (Wildman–Crippen MR) is 137 cm³/mol. The summed E-state index contributed by atoms with van der Waals surface area (Å²) in [5.41, 5.74) is 2.41. The van der Waals surface area contributed by atoms with Crippen LogP contribution in [-0.4, -0.2) is 28.5 Å². The average Bonchev–Trinajstić information content (AvgIpc) is 3.33. The zero-order chi connectivity index (χ0) is 24.9. The molecule has 0 spiro atoms. The predicted octanol–water partition coefficient (Wildman–Crippen LogP) is 6.12. The summed E-state index contributed by atoms with van der Waals surface area (Å²) in [4.78, 5) is 28.2. The molecular weight excluding hydrogens is 487 g/mol. The van der Waals surface area contributed by atoms with Gasteiger partial charge in [-0.1, -0.05) is 41.4 Å². The van der Waals surface area contributed by atoms with Crippen LogP contribution in [0.15, 0.2) is 78.5 Å². The van der Waals surface area contributed by atoms with Gasteiger partial charge in [0.05, 0.1) is 23.7 Å². The van der Waals surface area contributed by atoms with E-state index >= 15 is 0 Å². The van der Waals surface area contributed by atoms with E-state index in [1.165, 1.54) is 18.1 Å². The highest BCUT2D eigenvalue weighted by atomic mass is 35.5. The van der Waals surface area contributed by atoms with Crippen molar-refractivity contribution in [3.05, 3.63) is 99.7 Å². The molecule has 0 bridgehead atoms. The second kappa shape index (κ2) is 8.80. The third-order valence-electron chi connectivity index (χ3n) is 6.20. The van der Waals surface area contributed by atoms with Crippen molar-refractivity contribution in [3.8, 4) is 5.75 Å². The highest BCUT2D eigenvalue weighted by molar-refractivity contribution is 6.52. The number of carbonyl (C=O) groups is 2. The molecule has 4 aromatic rings. The molecule has 1 aliphatic rings. The Hall–Kier alpha value is -3.74. The van der Waals surface area contributed by atoms with E-state index < -0.39 is 17.7 Å². The molecule has 0 aliphatic carbocycles. The van der Waals surface area contributed by atoms with Gasteiger partial charge in [-0.05, 0) is 48.5 Å². The fourth-order valence-corrected chi connectivity index (χ4v) is 4.87. The van der Waals surface area contributed by atoms with Crippen LogP contribution in [0.25, 0.3) is 16.7 Å². The Kier molecular flexibility index (Phi) is 5.79. The molecule has 6 nitrogen and oxygen atoms in total. The maximum absolute atomic E-state index is 13.4. The van der Waals surface area contributed by atoms with Gasteiger partial charge in [0.2, 0.25) is 0 Å². The first-order chi connectivity index (χ1) is 16.8. The summed E-state index contributed by atoms with van der Waals surface area (Å²) in [6.07, 6.45) is 1.87. The Morgan fingerprint density at radius 1 is 1.00 bits per heavy atom. The van der Waals surface area contributed by atoms with Crippen LogP contribution in [0.1, 0.15) is 17.2 Å². The fraction of sp³-hybridized carbons (Fsp3) is 0.111. The van der Waals surface area contributed by atoms with Crippen molar-refractivity contribution in [2.75, 3.05) is 12.0 Å². The van der Waals surface area contributed by atoms with Crippen LogP contribution < -0.4 is 9.64 Å². The minimum absolute atomic E-state index is 0.0225. The third kappa shape index (κ3) is 3.75. The lowest BCUT2D eigenvalue weighted by molar-refractivity contribution is -0.132. The van der Waals surface area contributed by atoms with Crippen LogP contribution in [-0.2, 0) is 16.6 Å². The van der Waals surface area contributed by atoms with Crippen LogP contribution in [0, 0.1) is 0 Å². The van der Waals surface area contributed by atoms with Crippen LogP contribution in [0.2, 0.25) is 10.0 Å². The number of Topliss-reactive ketones (excluding diaryl/α,β-unsaturated/α-hetero) is 1. The number of amides is 1. The van der Waals surface area contributed by atoms with E-state index in [1.54, 1.807) is 36.4 Å². The number of anilines is 1. The molecule has 0 saturated carbocycles. The summed E-state index contributed by atoms with van der Waals surface area (Å²) in [5.74, 6) is -1.51. The van der Waals surface area contributed by atoms with Crippen molar-refractivity contribution >= 4 is 57.2 Å². The highest BCUT2D eigenvalue weighted by Gasteiger charge is 2.47. The Bertz CT molecular complexity index is 1520. The summed E-state index contributed by atoms with van der Waals surface area (Å²) in [5, 5.41) is 13.1. The van der Waals surface area contributed by atoms with Gasteiger partial charge < -0.3 is 14.4 Å². The molecular formula is C27H20Cl2N2O4. The van der Waals surface area contributed by atoms with Gasteiger partial charge in [-0.3, -0.25) is 14.5 Å². The van der Waals surface area contributed by atoms with Crippen molar-refractivity contribution in [1.29, 1.82) is 0 Å². The Morgan fingerprint density at radius 3 is 2.43 bits per heavy atom. The first-order valence-electron chi connectivity index (χ1n) is 10.8. The minimum atomic E-state index is -0.871. The summed E-state index contributed by atoms with van der Waals surface area (Å²) in [7, 11) is 3.35. The number of nitrogens with zero attached hydrogens (tertiary/aromatic N) is 2. The fourth-order valence-electron chi connectivity index (χ4n) is 4.55. The average molecular weight is 507 g/mol. The quantitative estimate of drug-likeness (QED) is 0.205. The lowest BCUT2D eigenvalue weighted by Gasteiger charge is -2.25. The minimum Gasteiger partial charge on any atom is -0.507 e. The van der Waals surface area contributed by atoms with E-state index in [0.29, 0.717) is 32.6 Å². The second-order valence-corrected chi connectivity index (χ2v) is 9.05. The SMILES string of the molecule is COc1cc(/C(O)=C2\C(=O)C(=O)N(c3ccc(Cl)cc3)C2c2cn(C)c3ccccc23)ccc1Cl. The molecule has 0 radical (unpaired) electrons. The summed E-state index contributed by atoms with van der Waals surface area (Å²) >= 11 is 12.2. The standard InChI is InChI=1S/C27H20Cl2N2O4/c1-30-14-19(18-5-3-4-6-21(18)30)24-23(25(32)15-7-12-20(29)22(13-15)35-2)26(33)27(34)31(24)17-10-8-16(28)9-11-17/h3-14,24,32H,1-2H3/b25-23+. The van der Waals surface area contributed by atoms with E-state index in [1.807, 2.05) is 42.1 Å². The largest absolute Gasteiger partial charge is 0.507 e. The number of para-hydroxylation sites is 1. The van der Waals surface area contributed by atoms with Gasteiger partial charge in [0, 0.05) is 46.0 Å². The van der Waals surface area contributed by atoms with Gasteiger partial charge in [0.25, 0.3) is 11.7 Å². The lowest BCUT2D eigenvalue weighted by Crippen LogP contribution is -2.29. The van der Waals surface area contributed by atoms with Gasteiger partial charge in [0.15, 0.2) is 0 Å². The van der Waals surface area contributed by atoms with Crippen LogP contribution >= 0.6 is 23.2 Å². The van der Waals surface area contributed by atoms with Crippen molar-refractivity contribution in [3.63, 3.8) is 0 Å². The van der Waals surface area contributed by atoms with Crippen LogP contribution in [0.5, 0.6) is 5.75 Å². The van der Waals surface area contributed by atoms with Crippen LogP contribution in [0.4, 0.5) is 5.69 Å². The molecule has 3 aromatic carbocycles. The number of ether oxygens (including phenoxy) is 1. The zero-order valence-electron chi connectivity index (χ0n) is 18.8. The third-order valence-corrected chi connectivity index (χ3v) is 6.76. The monoisotopic (exact) mass is 506 g/mol. The van der Waals surface area contributed by atoms with Crippen molar-refractivity contribution in [2.45, 2.75) is 6.04 Å². The number of benzene rings is 3. The number of hydrogen-bond donors (Lipinski definition) is 1. The molecule has 1 atom stereocenters. The first kappa shape index (κ1) is 23.0. The smallest absolute Gasteiger partial charge is 0.300 e. The van der Waals surface area contributed by atoms with Gasteiger partial charge in [0.1, 0.15) is 11.5 Å². The number of aromatic nitrogens is 1. The number of carbonyl (C=O) groups excluding carboxylic acids is 2. The van der Waals surface area contributed by atoms with E-state index in [4.69, 9.17) is 27.9 Å². The zero-order valence-corrected chi connectivity index (χ0v) is 20.3. The number of aryl methyl sites for hydroxylation is 1. The lowest BCUT2D eigenvalue weighted by atomic mass is 9.94. The van der Waals surface area contributed by atoms with Crippen LogP contribution in [0.3, 0.4) is 0 Å². The normalized spacial score (nSPS) is 17.4. The summed E-state index contributed by atoms with van der Waals surface area (Å²) < 4.78 is 7.21. The molecule has 1 amide bonds. The number of fused-ring (bicyclic) bond motifs is 1. The number of aliphatic hydroxyl groups is 1. The molecule has 1 N–H and O–H groups in total. The van der Waals surface area contributed by atoms with Gasteiger partial charge in [-0.2, -0.15) is 0 Å². The molecule has 5 rings (SSSR count). The molecule has 176 valence electrons. The van der Waals surface area contributed by atoms with Gasteiger partial charge >= 0.3 is 0 Å². The molecule has 1 unspecified atom stereocenters. The maximum Gasteiger partial charge on any atom is 0.300 e. The number of ketones is 1. The number of aliphatic hydroxyl groups excluding tert-OH is 1. The van der Waals surface area contributed by atoms with Gasteiger partial charge in [-0.15, -0.1) is 0 Å².